The van der Waals surface area contributed by atoms with E-state index in [1.54, 1.807) is 0 Å². The Balaban J connectivity index is 1.66. The first-order valence-corrected chi connectivity index (χ1v) is 12.7. The van der Waals surface area contributed by atoms with E-state index < -0.39 is 27.6 Å². The maximum Gasteiger partial charge on any atom is 0.433 e. The van der Waals surface area contributed by atoms with Crippen LogP contribution in [-0.2, 0) is 16.0 Å². The van der Waals surface area contributed by atoms with Gasteiger partial charge < -0.3 is 5.32 Å². The van der Waals surface area contributed by atoms with Gasteiger partial charge in [0.25, 0.3) is 5.91 Å². The van der Waals surface area contributed by atoms with E-state index >= 15 is 0 Å². The van der Waals surface area contributed by atoms with Crippen molar-refractivity contribution < 1.29 is 26.4 Å². The quantitative estimate of drug-likeness (QED) is 0.590. The Morgan fingerprint density at radius 2 is 1.87 bits per heavy atom. The second kappa shape index (κ2) is 8.71. The summed E-state index contributed by atoms with van der Waals surface area (Å²) in [4.78, 5) is 16.4. The van der Waals surface area contributed by atoms with Crippen molar-refractivity contribution in [2.75, 3.05) is 18.1 Å². The van der Waals surface area contributed by atoms with Gasteiger partial charge in [-0.2, -0.15) is 13.2 Å². The highest BCUT2D eigenvalue weighted by Crippen LogP contribution is 2.54. The lowest BCUT2D eigenvalue weighted by Crippen LogP contribution is -2.48. The number of aryl methyl sites for hydroxylation is 2. The molecule has 2 saturated carbocycles. The average Bonchev–Trinajstić information content (AvgIpc) is 3.40. The van der Waals surface area contributed by atoms with Gasteiger partial charge in [-0.1, -0.05) is 19.8 Å². The summed E-state index contributed by atoms with van der Waals surface area (Å²) in [5.41, 5.74) is -0.649. The molecule has 2 aliphatic rings. The van der Waals surface area contributed by atoms with Gasteiger partial charge in [0.05, 0.1) is 17.0 Å². The molecule has 2 fully saturated rings. The molecule has 1 heterocycles. The summed E-state index contributed by atoms with van der Waals surface area (Å²) in [6.45, 7) is 5.16. The lowest BCUT2D eigenvalue weighted by molar-refractivity contribution is -0.141. The van der Waals surface area contributed by atoms with E-state index in [4.69, 9.17) is 0 Å². The number of sulfone groups is 1. The van der Waals surface area contributed by atoms with Gasteiger partial charge in [-0.05, 0) is 68.4 Å². The van der Waals surface area contributed by atoms with Crippen molar-refractivity contribution in [3.8, 4) is 0 Å². The second-order valence-corrected chi connectivity index (χ2v) is 11.7. The number of amides is 1. The van der Waals surface area contributed by atoms with Crippen molar-refractivity contribution in [2.45, 2.75) is 65.5 Å². The van der Waals surface area contributed by atoms with E-state index in [-0.39, 0.29) is 39.7 Å². The Bertz CT molecular complexity index is 911. The standard InChI is InChI=1S/C22H31F3N2O3S/c1-4-7-31(29,30)12-17-10-21(11-17,9-16-5-6-16)13-26-20(28)19-14(2)8-18(22(23,24)25)27-15(19)3/h8,16-17H,4-7,9-13H2,1-3H3,(H,26,28). The van der Waals surface area contributed by atoms with Gasteiger partial charge in [0.15, 0.2) is 9.84 Å². The zero-order valence-electron chi connectivity index (χ0n) is 18.3. The highest BCUT2D eigenvalue weighted by molar-refractivity contribution is 7.91. The van der Waals surface area contributed by atoms with Crippen LogP contribution in [0.2, 0.25) is 0 Å². The Labute approximate surface area is 182 Å². The molecule has 0 saturated heterocycles. The van der Waals surface area contributed by atoms with Crippen LogP contribution in [0.25, 0.3) is 0 Å². The molecule has 0 bridgehead atoms. The van der Waals surface area contributed by atoms with E-state index in [9.17, 15) is 26.4 Å². The molecule has 0 spiro atoms. The van der Waals surface area contributed by atoms with Crippen molar-refractivity contribution in [3.05, 3.63) is 28.6 Å². The smallest absolute Gasteiger partial charge is 0.351 e. The number of pyridine rings is 1. The highest BCUT2D eigenvalue weighted by Gasteiger charge is 2.48. The molecular formula is C22H31F3N2O3S. The minimum Gasteiger partial charge on any atom is -0.351 e. The zero-order chi connectivity index (χ0) is 23.0. The zero-order valence-corrected chi connectivity index (χ0v) is 19.1. The lowest BCUT2D eigenvalue weighted by atomic mass is 9.60. The minimum absolute atomic E-state index is 0.0539. The predicted molar refractivity (Wildman–Crippen MR) is 112 cm³/mol. The third kappa shape index (κ3) is 5.99. The molecule has 0 unspecified atom stereocenters. The molecule has 1 amide bonds. The van der Waals surface area contributed by atoms with Crippen molar-refractivity contribution >= 4 is 15.7 Å². The molecule has 9 heteroatoms. The summed E-state index contributed by atoms with van der Waals surface area (Å²) in [6.07, 6.45) is 0.855. The van der Waals surface area contributed by atoms with Gasteiger partial charge >= 0.3 is 6.18 Å². The van der Waals surface area contributed by atoms with Crippen LogP contribution in [-0.4, -0.2) is 37.4 Å². The number of nitrogens with one attached hydrogen (secondary N) is 1. The number of halogens is 3. The highest BCUT2D eigenvalue weighted by atomic mass is 32.2. The average molecular weight is 461 g/mol. The van der Waals surface area contributed by atoms with E-state index in [0.29, 0.717) is 18.9 Å². The molecule has 31 heavy (non-hydrogen) atoms. The van der Waals surface area contributed by atoms with Crippen molar-refractivity contribution in [1.82, 2.24) is 10.3 Å². The summed E-state index contributed by atoms with van der Waals surface area (Å²) >= 11 is 0. The van der Waals surface area contributed by atoms with Crippen LogP contribution < -0.4 is 5.32 Å². The van der Waals surface area contributed by atoms with Gasteiger partial charge in [0.2, 0.25) is 0 Å². The van der Waals surface area contributed by atoms with Crippen LogP contribution in [0.3, 0.4) is 0 Å². The Morgan fingerprint density at radius 1 is 1.23 bits per heavy atom. The van der Waals surface area contributed by atoms with Gasteiger partial charge in [-0.15, -0.1) is 0 Å². The first-order chi connectivity index (χ1) is 14.3. The number of hydrogen-bond acceptors (Lipinski definition) is 4. The third-order valence-corrected chi connectivity index (χ3v) is 8.42. The normalized spacial score (nSPS) is 24.0. The van der Waals surface area contributed by atoms with E-state index in [1.165, 1.54) is 13.8 Å². The van der Waals surface area contributed by atoms with E-state index in [0.717, 1.165) is 38.2 Å². The Hall–Kier alpha value is -1.64. The molecule has 5 nitrogen and oxygen atoms in total. The van der Waals surface area contributed by atoms with Crippen molar-refractivity contribution in [1.29, 1.82) is 0 Å². The second-order valence-electron chi connectivity index (χ2n) is 9.50. The SMILES string of the molecule is CCCS(=O)(=O)CC1CC(CNC(=O)c2c(C)cc(C(F)(F)F)nc2C)(CC2CC2)C1. The van der Waals surface area contributed by atoms with Crippen LogP contribution >= 0.6 is 0 Å². The number of nitrogens with zero attached hydrogens (tertiary/aromatic N) is 1. The summed E-state index contributed by atoms with van der Waals surface area (Å²) in [7, 11) is -3.04. The number of aromatic nitrogens is 1. The predicted octanol–water partition coefficient (Wildman–Crippen LogP) is 4.47. The van der Waals surface area contributed by atoms with Gasteiger partial charge in [-0.3, -0.25) is 4.79 Å². The lowest BCUT2D eigenvalue weighted by Gasteiger charge is -2.48. The molecule has 2 aliphatic carbocycles. The van der Waals surface area contributed by atoms with Crippen LogP contribution in [0.4, 0.5) is 13.2 Å². The fourth-order valence-corrected chi connectivity index (χ4v) is 6.77. The molecule has 0 aromatic carbocycles. The molecule has 1 N–H and O–H groups in total. The number of hydrogen-bond donors (Lipinski definition) is 1. The molecular weight excluding hydrogens is 429 g/mol. The first kappa shape index (κ1) is 24.0. The van der Waals surface area contributed by atoms with E-state index in [2.05, 4.69) is 10.3 Å². The molecule has 0 aliphatic heterocycles. The molecule has 3 rings (SSSR count). The van der Waals surface area contributed by atoms with Crippen LogP contribution in [0.15, 0.2) is 6.07 Å². The Kier molecular flexibility index (Phi) is 6.75. The third-order valence-electron chi connectivity index (χ3n) is 6.41. The molecule has 174 valence electrons. The summed E-state index contributed by atoms with van der Waals surface area (Å²) < 4.78 is 63.2. The minimum atomic E-state index is -4.56. The molecule has 1 aromatic heterocycles. The monoisotopic (exact) mass is 460 g/mol. The molecule has 1 aromatic rings. The van der Waals surface area contributed by atoms with Gasteiger partial charge in [0, 0.05) is 12.3 Å². The van der Waals surface area contributed by atoms with Crippen LogP contribution in [0, 0.1) is 31.1 Å². The summed E-state index contributed by atoms with van der Waals surface area (Å²) in [6, 6.07) is 0.903. The maximum absolute atomic E-state index is 13.0. The van der Waals surface area contributed by atoms with Crippen molar-refractivity contribution in [2.24, 2.45) is 17.3 Å². The fraction of sp³-hybridized carbons (Fsp3) is 0.727. The Morgan fingerprint density at radius 3 is 2.39 bits per heavy atom. The number of carbonyl (C=O) groups excluding carboxylic acids is 1. The fourth-order valence-electron chi connectivity index (χ4n) is 5.03. The molecule has 0 radical (unpaired) electrons. The van der Waals surface area contributed by atoms with Gasteiger partial charge in [0.1, 0.15) is 5.69 Å². The first-order valence-electron chi connectivity index (χ1n) is 10.9. The van der Waals surface area contributed by atoms with Crippen LogP contribution in [0.5, 0.6) is 0 Å². The largest absolute Gasteiger partial charge is 0.433 e. The number of carbonyl (C=O) groups is 1. The topological polar surface area (TPSA) is 76.1 Å². The maximum atomic E-state index is 13.0. The number of rotatable bonds is 9. The summed E-state index contributed by atoms with van der Waals surface area (Å²) in [5.74, 6) is 0.718. The number of alkyl halides is 3. The van der Waals surface area contributed by atoms with Crippen molar-refractivity contribution in [3.63, 3.8) is 0 Å². The summed E-state index contributed by atoms with van der Waals surface area (Å²) in [5, 5.41) is 2.91. The molecule has 0 atom stereocenters. The van der Waals surface area contributed by atoms with E-state index in [1.807, 2.05) is 6.92 Å². The van der Waals surface area contributed by atoms with Gasteiger partial charge in [-0.25, -0.2) is 13.4 Å². The van der Waals surface area contributed by atoms with Crippen LogP contribution in [0.1, 0.15) is 72.8 Å².